The van der Waals surface area contributed by atoms with Gasteiger partial charge in [0.15, 0.2) is 0 Å². The van der Waals surface area contributed by atoms with Crippen molar-refractivity contribution in [1.29, 1.82) is 0 Å². The maximum absolute atomic E-state index is 3.61. The Labute approximate surface area is 103 Å². The summed E-state index contributed by atoms with van der Waals surface area (Å²) in [6.07, 6.45) is 3.97. The largest absolute Gasteiger partial charge is 0.312 e. The molecule has 1 nitrogen and oxygen atoms in total. The highest BCUT2D eigenvalue weighted by Gasteiger charge is 2.21. The zero-order chi connectivity index (χ0) is 13.0. The van der Waals surface area contributed by atoms with Crippen molar-refractivity contribution >= 4 is 0 Å². The summed E-state index contributed by atoms with van der Waals surface area (Å²) in [7, 11) is 0. The molecule has 0 heterocycles. The van der Waals surface area contributed by atoms with Crippen LogP contribution in [0, 0.1) is 10.8 Å². The van der Waals surface area contributed by atoms with Crippen molar-refractivity contribution in [2.45, 2.75) is 80.2 Å². The summed E-state index contributed by atoms with van der Waals surface area (Å²) < 4.78 is 0. The van der Waals surface area contributed by atoms with Crippen LogP contribution in [-0.2, 0) is 0 Å². The van der Waals surface area contributed by atoms with E-state index in [-0.39, 0.29) is 5.54 Å². The highest BCUT2D eigenvalue weighted by Crippen LogP contribution is 2.28. The van der Waals surface area contributed by atoms with Gasteiger partial charge in [0, 0.05) is 12.1 Å². The van der Waals surface area contributed by atoms with Gasteiger partial charge < -0.3 is 5.32 Å². The zero-order valence-electron chi connectivity index (χ0n) is 12.8. The lowest BCUT2D eigenvalue weighted by Gasteiger charge is -2.31. The molecule has 0 aliphatic heterocycles. The fourth-order valence-corrected chi connectivity index (χ4v) is 1.69. The van der Waals surface area contributed by atoms with E-state index in [1.54, 1.807) is 0 Å². The molecule has 16 heavy (non-hydrogen) atoms. The van der Waals surface area contributed by atoms with Crippen LogP contribution in [0.15, 0.2) is 0 Å². The molecule has 1 N–H and O–H groups in total. The Hall–Kier alpha value is -0.0400. The van der Waals surface area contributed by atoms with Crippen LogP contribution in [0.3, 0.4) is 0 Å². The fourth-order valence-electron chi connectivity index (χ4n) is 1.69. The number of hydrogen-bond acceptors (Lipinski definition) is 1. The molecule has 0 spiro atoms. The van der Waals surface area contributed by atoms with Gasteiger partial charge in [0.25, 0.3) is 0 Å². The van der Waals surface area contributed by atoms with Crippen molar-refractivity contribution in [3.8, 4) is 0 Å². The van der Waals surface area contributed by atoms with E-state index in [1.807, 2.05) is 0 Å². The summed E-state index contributed by atoms with van der Waals surface area (Å²) in [5, 5.41) is 3.61. The molecule has 0 radical (unpaired) electrons. The van der Waals surface area contributed by atoms with E-state index in [0.717, 1.165) is 6.54 Å². The van der Waals surface area contributed by atoms with Crippen LogP contribution in [0.5, 0.6) is 0 Å². The molecule has 0 aromatic carbocycles. The molecule has 0 amide bonds. The normalized spacial score (nSPS) is 14.2. The maximum atomic E-state index is 3.61. The second kappa shape index (κ2) is 5.53. The van der Waals surface area contributed by atoms with Gasteiger partial charge in [-0.25, -0.2) is 0 Å². The summed E-state index contributed by atoms with van der Waals surface area (Å²) in [5.74, 6) is 0. The van der Waals surface area contributed by atoms with Gasteiger partial charge in [-0.3, -0.25) is 0 Å². The van der Waals surface area contributed by atoms with E-state index in [9.17, 15) is 0 Å². The number of rotatable bonds is 5. The Morgan fingerprint density at radius 1 is 0.750 bits per heavy atom. The number of nitrogens with one attached hydrogen (secondary N) is 1. The summed E-state index contributed by atoms with van der Waals surface area (Å²) in [5.41, 5.74) is 1.13. The first-order valence-corrected chi connectivity index (χ1v) is 6.66. The van der Waals surface area contributed by atoms with Crippen molar-refractivity contribution in [2.75, 3.05) is 6.54 Å². The zero-order valence-corrected chi connectivity index (χ0v) is 12.8. The number of hydrogen-bond donors (Lipinski definition) is 1. The van der Waals surface area contributed by atoms with Gasteiger partial charge in [-0.15, -0.1) is 0 Å². The van der Waals surface area contributed by atoms with Crippen molar-refractivity contribution in [3.63, 3.8) is 0 Å². The first-order chi connectivity index (χ1) is 6.91. The minimum atomic E-state index is 0.237. The van der Waals surface area contributed by atoms with Crippen LogP contribution in [0.2, 0.25) is 0 Å². The minimum Gasteiger partial charge on any atom is -0.312 e. The molecule has 0 saturated carbocycles. The van der Waals surface area contributed by atoms with Crippen LogP contribution in [-0.4, -0.2) is 12.1 Å². The van der Waals surface area contributed by atoms with Crippen molar-refractivity contribution < 1.29 is 0 Å². The monoisotopic (exact) mass is 227 g/mol. The molecule has 0 bridgehead atoms. The molecule has 0 aliphatic carbocycles. The molecule has 1 heteroatoms. The lowest BCUT2D eigenvalue weighted by atomic mass is 9.82. The maximum Gasteiger partial charge on any atom is 0.00967 e. The lowest BCUT2D eigenvalue weighted by molar-refractivity contribution is 0.247. The van der Waals surface area contributed by atoms with Crippen LogP contribution in [0.1, 0.15) is 74.7 Å². The van der Waals surface area contributed by atoms with Gasteiger partial charge in [-0.2, -0.15) is 0 Å². The molecule has 0 aromatic heterocycles. The van der Waals surface area contributed by atoms with Gasteiger partial charge in [-0.05, 0) is 44.4 Å². The predicted octanol–water partition coefficient (Wildman–Crippen LogP) is 4.62. The van der Waals surface area contributed by atoms with Crippen molar-refractivity contribution in [1.82, 2.24) is 5.32 Å². The predicted molar refractivity (Wildman–Crippen MR) is 74.8 cm³/mol. The van der Waals surface area contributed by atoms with Crippen LogP contribution < -0.4 is 5.32 Å². The fraction of sp³-hybridized carbons (Fsp3) is 1.00. The summed E-state index contributed by atoms with van der Waals surface area (Å²) in [4.78, 5) is 0. The molecule has 0 atom stereocenters. The van der Waals surface area contributed by atoms with Gasteiger partial charge in [0.1, 0.15) is 0 Å². The van der Waals surface area contributed by atoms with E-state index in [0.29, 0.717) is 10.8 Å². The Bertz CT molecular complexity index is 190. The van der Waals surface area contributed by atoms with Gasteiger partial charge in [0.2, 0.25) is 0 Å². The van der Waals surface area contributed by atoms with E-state index < -0.39 is 0 Å². The van der Waals surface area contributed by atoms with Crippen LogP contribution in [0.25, 0.3) is 0 Å². The topological polar surface area (TPSA) is 12.0 Å². The van der Waals surface area contributed by atoms with Crippen molar-refractivity contribution in [2.24, 2.45) is 10.8 Å². The third-order valence-corrected chi connectivity index (χ3v) is 2.88. The first-order valence-electron chi connectivity index (χ1n) is 6.66. The third-order valence-electron chi connectivity index (χ3n) is 2.88. The smallest absolute Gasteiger partial charge is 0.00967 e. The van der Waals surface area contributed by atoms with Crippen LogP contribution in [0.4, 0.5) is 0 Å². The molecule has 0 aliphatic rings. The highest BCUT2D eigenvalue weighted by molar-refractivity contribution is 4.78. The Morgan fingerprint density at radius 3 is 1.62 bits per heavy atom. The average molecular weight is 227 g/mol. The SMILES string of the molecule is CC(C)(C)CCCC(C)(C)CNC(C)(C)C. The third kappa shape index (κ3) is 10.5. The summed E-state index contributed by atoms with van der Waals surface area (Å²) >= 11 is 0. The molecule has 0 fully saturated rings. The van der Waals surface area contributed by atoms with Gasteiger partial charge >= 0.3 is 0 Å². The first kappa shape index (κ1) is 16.0. The van der Waals surface area contributed by atoms with Crippen molar-refractivity contribution in [3.05, 3.63) is 0 Å². The van der Waals surface area contributed by atoms with E-state index in [1.165, 1.54) is 19.3 Å². The molecular weight excluding hydrogens is 194 g/mol. The summed E-state index contributed by atoms with van der Waals surface area (Å²) in [6, 6.07) is 0. The molecule has 0 rings (SSSR count). The van der Waals surface area contributed by atoms with E-state index >= 15 is 0 Å². The molecule has 0 aromatic rings. The average Bonchev–Trinajstić information content (AvgIpc) is 1.97. The van der Waals surface area contributed by atoms with E-state index in [4.69, 9.17) is 0 Å². The molecule has 98 valence electrons. The molecular formula is C15H33N. The molecule has 0 unspecified atom stereocenters. The Morgan fingerprint density at radius 2 is 1.25 bits per heavy atom. The van der Waals surface area contributed by atoms with Crippen LogP contribution >= 0.6 is 0 Å². The van der Waals surface area contributed by atoms with Gasteiger partial charge in [0.05, 0.1) is 0 Å². The highest BCUT2D eigenvalue weighted by atomic mass is 14.9. The quantitative estimate of drug-likeness (QED) is 0.723. The van der Waals surface area contributed by atoms with Gasteiger partial charge in [-0.1, -0.05) is 41.0 Å². The molecule has 0 saturated heterocycles. The minimum absolute atomic E-state index is 0.237. The Balaban J connectivity index is 3.88. The second-order valence-corrected chi connectivity index (χ2v) is 8.18. The second-order valence-electron chi connectivity index (χ2n) is 8.18. The lowest BCUT2D eigenvalue weighted by Crippen LogP contribution is -2.42. The van der Waals surface area contributed by atoms with E-state index in [2.05, 4.69) is 60.7 Å². The standard InChI is InChI=1S/C15H33N/c1-13(2,3)10-9-11-15(7,8)12-16-14(4,5)6/h16H,9-12H2,1-8H3. The Kier molecular flexibility index (Phi) is 5.52. The summed E-state index contributed by atoms with van der Waals surface area (Å²) in [6.45, 7) is 19.5.